The number of carbonyl (C=O) groups is 2. The van der Waals surface area contributed by atoms with E-state index in [1.54, 1.807) is 36.1 Å². The molecule has 0 spiro atoms. The lowest BCUT2D eigenvalue weighted by Gasteiger charge is -2.20. The Balaban J connectivity index is 1.94. The van der Waals surface area contributed by atoms with Crippen molar-refractivity contribution in [1.29, 1.82) is 0 Å². The second kappa shape index (κ2) is 7.07. The van der Waals surface area contributed by atoms with Gasteiger partial charge in [0, 0.05) is 37.8 Å². The lowest BCUT2D eigenvalue weighted by atomic mass is 9.88. The zero-order chi connectivity index (χ0) is 18.8. The molecule has 1 N–H and O–H groups in total. The molecule has 138 valence electrons. The zero-order valence-corrected chi connectivity index (χ0v) is 14.9. The van der Waals surface area contributed by atoms with Crippen LogP contribution in [0.4, 0.5) is 0 Å². The van der Waals surface area contributed by atoms with Crippen LogP contribution in [0.5, 0.6) is 11.5 Å². The highest BCUT2D eigenvalue weighted by molar-refractivity contribution is 5.93. The number of likely N-dealkylation sites (tertiary alicyclic amines) is 1. The van der Waals surface area contributed by atoms with Crippen LogP contribution in [0.15, 0.2) is 30.5 Å². The first-order chi connectivity index (χ1) is 12.5. The van der Waals surface area contributed by atoms with Gasteiger partial charge in [-0.3, -0.25) is 14.3 Å². The molecular formula is C18H21N3O5. The fourth-order valence-electron chi connectivity index (χ4n) is 3.43. The maximum Gasteiger partial charge on any atom is 0.308 e. The summed E-state index contributed by atoms with van der Waals surface area (Å²) in [5, 5.41) is 13.8. The molecule has 2 atom stereocenters. The van der Waals surface area contributed by atoms with Crippen molar-refractivity contribution in [2.45, 2.75) is 5.92 Å². The third kappa shape index (κ3) is 3.10. The van der Waals surface area contributed by atoms with Crippen molar-refractivity contribution in [3.8, 4) is 11.5 Å². The number of benzene rings is 1. The van der Waals surface area contributed by atoms with Gasteiger partial charge in [0.05, 0.1) is 20.1 Å². The molecule has 26 heavy (non-hydrogen) atoms. The summed E-state index contributed by atoms with van der Waals surface area (Å²) >= 11 is 0. The molecule has 8 heteroatoms. The average molecular weight is 359 g/mol. The largest absolute Gasteiger partial charge is 0.493 e. The summed E-state index contributed by atoms with van der Waals surface area (Å²) in [4.78, 5) is 26.0. The number of aromatic nitrogens is 2. The first kappa shape index (κ1) is 17.8. The van der Waals surface area contributed by atoms with Crippen molar-refractivity contribution < 1.29 is 24.2 Å². The number of rotatable bonds is 5. The maximum atomic E-state index is 12.7. The van der Waals surface area contributed by atoms with E-state index in [1.165, 1.54) is 19.1 Å². The summed E-state index contributed by atoms with van der Waals surface area (Å²) < 4.78 is 12.3. The SMILES string of the molecule is COc1cccc([C@@H]2CN(C(=O)c3ccn(C)n3)C[C@H]2C(=O)O)c1OC. The highest BCUT2D eigenvalue weighted by atomic mass is 16.5. The molecule has 1 aromatic heterocycles. The highest BCUT2D eigenvalue weighted by Gasteiger charge is 2.42. The van der Waals surface area contributed by atoms with Gasteiger partial charge in [0.15, 0.2) is 11.5 Å². The van der Waals surface area contributed by atoms with Crippen molar-refractivity contribution in [2.24, 2.45) is 13.0 Å². The van der Waals surface area contributed by atoms with Crippen molar-refractivity contribution in [1.82, 2.24) is 14.7 Å². The van der Waals surface area contributed by atoms with Crippen molar-refractivity contribution in [2.75, 3.05) is 27.3 Å². The molecule has 1 amide bonds. The topological polar surface area (TPSA) is 93.9 Å². The first-order valence-corrected chi connectivity index (χ1v) is 8.18. The zero-order valence-electron chi connectivity index (χ0n) is 14.9. The number of carboxylic acid groups (broad SMARTS) is 1. The molecule has 0 bridgehead atoms. The van der Waals surface area contributed by atoms with E-state index >= 15 is 0 Å². The van der Waals surface area contributed by atoms with E-state index in [2.05, 4.69) is 5.10 Å². The third-order valence-electron chi connectivity index (χ3n) is 4.69. The van der Waals surface area contributed by atoms with E-state index in [0.717, 1.165) is 5.56 Å². The number of amides is 1. The summed E-state index contributed by atoms with van der Waals surface area (Å²) in [7, 11) is 4.77. The Morgan fingerprint density at radius 3 is 2.54 bits per heavy atom. The van der Waals surface area contributed by atoms with Gasteiger partial charge in [-0.1, -0.05) is 12.1 Å². The van der Waals surface area contributed by atoms with Crippen LogP contribution in [-0.2, 0) is 11.8 Å². The smallest absolute Gasteiger partial charge is 0.308 e. The monoisotopic (exact) mass is 359 g/mol. The van der Waals surface area contributed by atoms with Crippen molar-refractivity contribution in [3.05, 3.63) is 41.7 Å². The lowest BCUT2D eigenvalue weighted by molar-refractivity contribution is -0.141. The summed E-state index contributed by atoms with van der Waals surface area (Å²) in [6, 6.07) is 6.98. The molecular weight excluding hydrogens is 338 g/mol. The minimum absolute atomic E-state index is 0.121. The van der Waals surface area contributed by atoms with Crippen LogP contribution < -0.4 is 9.47 Å². The van der Waals surface area contributed by atoms with Crippen LogP contribution >= 0.6 is 0 Å². The van der Waals surface area contributed by atoms with Crippen LogP contribution in [-0.4, -0.2) is 59.0 Å². The van der Waals surface area contributed by atoms with Gasteiger partial charge in [0.1, 0.15) is 5.69 Å². The second-order valence-corrected chi connectivity index (χ2v) is 6.22. The number of ether oxygens (including phenoxy) is 2. The van der Waals surface area contributed by atoms with Gasteiger partial charge >= 0.3 is 5.97 Å². The number of methoxy groups -OCH3 is 2. The summed E-state index contributed by atoms with van der Waals surface area (Å²) in [5.41, 5.74) is 1.02. The van der Waals surface area contributed by atoms with Crippen LogP contribution in [0.25, 0.3) is 0 Å². The molecule has 1 aromatic carbocycles. The average Bonchev–Trinajstić information content (AvgIpc) is 3.27. The van der Waals surface area contributed by atoms with Gasteiger partial charge in [0.2, 0.25) is 0 Å². The lowest BCUT2D eigenvalue weighted by Crippen LogP contribution is -2.30. The van der Waals surface area contributed by atoms with Gasteiger partial charge in [-0.25, -0.2) is 0 Å². The summed E-state index contributed by atoms with van der Waals surface area (Å²) in [6.07, 6.45) is 1.68. The Bertz CT molecular complexity index is 832. The Kier molecular flexibility index (Phi) is 4.83. The van der Waals surface area contributed by atoms with Gasteiger partial charge in [0.25, 0.3) is 5.91 Å². The molecule has 0 aliphatic carbocycles. The number of aryl methyl sites for hydroxylation is 1. The normalized spacial score (nSPS) is 19.4. The number of nitrogens with zero attached hydrogens (tertiary/aromatic N) is 3. The summed E-state index contributed by atoms with van der Waals surface area (Å²) in [5.74, 6) is -1.33. The third-order valence-corrected chi connectivity index (χ3v) is 4.69. The van der Waals surface area contributed by atoms with Gasteiger partial charge < -0.3 is 19.5 Å². The molecule has 8 nitrogen and oxygen atoms in total. The number of carboxylic acids is 1. The molecule has 1 fully saturated rings. The number of hydrogen-bond acceptors (Lipinski definition) is 5. The van der Waals surface area contributed by atoms with Crippen LogP contribution in [0, 0.1) is 5.92 Å². The van der Waals surface area contributed by atoms with Crippen molar-refractivity contribution >= 4 is 11.9 Å². The van der Waals surface area contributed by atoms with E-state index in [0.29, 0.717) is 17.2 Å². The first-order valence-electron chi connectivity index (χ1n) is 8.18. The van der Waals surface area contributed by atoms with E-state index in [-0.39, 0.29) is 19.0 Å². The maximum absolute atomic E-state index is 12.7. The second-order valence-electron chi connectivity index (χ2n) is 6.22. The summed E-state index contributed by atoms with van der Waals surface area (Å²) in [6.45, 7) is 0.395. The predicted octanol–water partition coefficient (Wildman–Crippen LogP) is 1.38. The van der Waals surface area contributed by atoms with Gasteiger partial charge in [-0.2, -0.15) is 5.10 Å². The Morgan fingerprint density at radius 2 is 1.96 bits per heavy atom. The van der Waals surface area contributed by atoms with E-state index < -0.39 is 17.8 Å². The molecule has 1 saturated heterocycles. The number of para-hydroxylation sites is 1. The standard InChI is InChI=1S/C18H21N3O5/c1-20-8-7-14(19-20)17(22)21-9-12(13(10-21)18(23)24)11-5-4-6-15(25-2)16(11)26-3/h4-8,12-13H,9-10H2,1-3H3,(H,23,24)/t12-,13+/m0/s1. The highest BCUT2D eigenvalue weighted by Crippen LogP contribution is 2.42. The van der Waals surface area contributed by atoms with Crippen LogP contribution in [0.1, 0.15) is 22.0 Å². The molecule has 0 radical (unpaired) electrons. The number of hydrogen-bond donors (Lipinski definition) is 1. The predicted molar refractivity (Wildman–Crippen MR) is 92.5 cm³/mol. The van der Waals surface area contributed by atoms with Crippen LogP contribution in [0.2, 0.25) is 0 Å². The van der Waals surface area contributed by atoms with E-state index in [1.807, 2.05) is 6.07 Å². The minimum Gasteiger partial charge on any atom is -0.493 e. The fraction of sp³-hybridized carbons (Fsp3) is 0.389. The van der Waals surface area contributed by atoms with E-state index in [4.69, 9.17) is 9.47 Å². The van der Waals surface area contributed by atoms with Gasteiger partial charge in [-0.15, -0.1) is 0 Å². The Hall–Kier alpha value is -3.03. The minimum atomic E-state index is -0.948. The quantitative estimate of drug-likeness (QED) is 0.867. The van der Waals surface area contributed by atoms with Gasteiger partial charge in [-0.05, 0) is 12.1 Å². The van der Waals surface area contributed by atoms with E-state index in [9.17, 15) is 14.7 Å². The molecule has 0 saturated carbocycles. The molecule has 2 heterocycles. The number of aliphatic carboxylic acids is 1. The van der Waals surface area contributed by atoms with Crippen LogP contribution in [0.3, 0.4) is 0 Å². The number of carbonyl (C=O) groups excluding carboxylic acids is 1. The van der Waals surface area contributed by atoms with Crippen molar-refractivity contribution in [3.63, 3.8) is 0 Å². The fourth-order valence-corrected chi connectivity index (χ4v) is 3.43. The Labute approximate surface area is 150 Å². The molecule has 0 unspecified atom stereocenters. The Morgan fingerprint density at radius 1 is 1.19 bits per heavy atom. The molecule has 1 aliphatic rings. The molecule has 2 aromatic rings. The molecule has 3 rings (SSSR count). The molecule has 1 aliphatic heterocycles.